The summed E-state index contributed by atoms with van der Waals surface area (Å²) in [5.74, 6) is -0.938. The van der Waals surface area contributed by atoms with Crippen LogP contribution < -0.4 is 4.90 Å². The van der Waals surface area contributed by atoms with Gasteiger partial charge in [-0.3, -0.25) is 9.69 Å². The molecular formula is C14H11Cl6N3O2. The highest BCUT2D eigenvalue weighted by molar-refractivity contribution is 6.70. The van der Waals surface area contributed by atoms with Gasteiger partial charge in [-0.05, 0) is 24.6 Å². The Kier molecular flexibility index (Phi) is 6.74. The molecule has 1 fully saturated rings. The van der Waals surface area contributed by atoms with Crippen molar-refractivity contribution in [3.8, 4) is 0 Å². The lowest BCUT2D eigenvalue weighted by Gasteiger charge is -2.19. The minimum atomic E-state index is -1.97. The SMILES string of the molecule is CCCN1C(=O)/C(=N\C(Cl)C(Cl)(Cl)Cl)N(c2ccc(Cl)cc2Cl)C1=O. The number of halogens is 6. The molecule has 3 amide bonds. The summed E-state index contributed by atoms with van der Waals surface area (Å²) in [5, 5.41) is 0.520. The van der Waals surface area contributed by atoms with Gasteiger partial charge in [0.2, 0.25) is 9.63 Å². The number of hydrogen-bond donors (Lipinski definition) is 0. The first-order chi connectivity index (χ1) is 11.6. The molecule has 1 aromatic rings. The largest absolute Gasteiger partial charge is 0.337 e. The molecule has 5 nitrogen and oxygen atoms in total. The molecule has 136 valence electrons. The molecule has 0 saturated carbocycles. The van der Waals surface area contributed by atoms with Crippen LogP contribution in [0.4, 0.5) is 10.5 Å². The number of benzene rings is 1. The van der Waals surface area contributed by atoms with Crippen LogP contribution in [0.15, 0.2) is 23.2 Å². The third-order valence-electron chi connectivity index (χ3n) is 3.17. The molecule has 0 radical (unpaired) electrons. The molecule has 2 rings (SSSR count). The van der Waals surface area contributed by atoms with E-state index in [2.05, 4.69) is 4.99 Å². The van der Waals surface area contributed by atoms with E-state index in [0.717, 1.165) is 9.80 Å². The van der Waals surface area contributed by atoms with Crippen LogP contribution in [0.5, 0.6) is 0 Å². The minimum Gasteiger partial charge on any atom is -0.265 e. The highest BCUT2D eigenvalue weighted by Crippen LogP contribution is 2.37. The van der Waals surface area contributed by atoms with Gasteiger partial charge in [0, 0.05) is 11.6 Å². The van der Waals surface area contributed by atoms with Crippen molar-refractivity contribution in [3.63, 3.8) is 0 Å². The van der Waals surface area contributed by atoms with Crippen molar-refractivity contribution in [1.82, 2.24) is 4.90 Å². The van der Waals surface area contributed by atoms with Gasteiger partial charge < -0.3 is 0 Å². The average molecular weight is 466 g/mol. The summed E-state index contributed by atoms with van der Waals surface area (Å²) in [7, 11) is 0. The van der Waals surface area contributed by atoms with E-state index in [1.54, 1.807) is 0 Å². The van der Waals surface area contributed by atoms with Gasteiger partial charge in [0.15, 0.2) is 5.50 Å². The molecule has 0 aromatic heterocycles. The van der Waals surface area contributed by atoms with Crippen LogP contribution in [0.1, 0.15) is 13.3 Å². The number of anilines is 1. The first-order valence-corrected chi connectivity index (χ1v) is 9.30. The van der Waals surface area contributed by atoms with E-state index in [4.69, 9.17) is 69.6 Å². The Labute approximate surface area is 174 Å². The van der Waals surface area contributed by atoms with E-state index in [9.17, 15) is 9.59 Å². The van der Waals surface area contributed by atoms with Gasteiger partial charge in [0.1, 0.15) is 0 Å². The maximum atomic E-state index is 12.7. The summed E-state index contributed by atoms with van der Waals surface area (Å²) in [6.07, 6.45) is 0.557. The van der Waals surface area contributed by atoms with E-state index in [1.807, 2.05) is 6.92 Å². The normalized spacial score (nSPS) is 18.4. The molecule has 1 aromatic carbocycles. The summed E-state index contributed by atoms with van der Waals surface area (Å²) in [4.78, 5) is 31.3. The Bertz CT molecular complexity index is 734. The lowest BCUT2D eigenvalue weighted by molar-refractivity contribution is -0.120. The Balaban J connectivity index is 2.57. The third kappa shape index (κ3) is 4.46. The van der Waals surface area contributed by atoms with Crippen molar-refractivity contribution in [3.05, 3.63) is 28.2 Å². The van der Waals surface area contributed by atoms with E-state index in [-0.39, 0.29) is 23.1 Å². The molecule has 25 heavy (non-hydrogen) atoms. The molecular weight excluding hydrogens is 455 g/mol. The average Bonchev–Trinajstić information content (AvgIpc) is 2.72. The number of nitrogens with zero attached hydrogens (tertiary/aromatic N) is 3. The second kappa shape index (κ2) is 8.07. The van der Waals surface area contributed by atoms with E-state index in [1.165, 1.54) is 18.2 Å². The Morgan fingerprint density at radius 3 is 2.36 bits per heavy atom. The lowest BCUT2D eigenvalue weighted by atomic mass is 10.3. The van der Waals surface area contributed by atoms with Crippen LogP contribution in [-0.4, -0.2) is 38.5 Å². The monoisotopic (exact) mass is 463 g/mol. The maximum Gasteiger partial charge on any atom is 0.337 e. The molecule has 1 saturated heterocycles. The molecule has 1 heterocycles. The number of rotatable bonds is 4. The zero-order valence-electron chi connectivity index (χ0n) is 12.6. The van der Waals surface area contributed by atoms with Crippen LogP contribution in [0.2, 0.25) is 10.0 Å². The lowest BCUT2D eigenvalue weighted by Crippen LogP contribution is -2.34. The zero-order chi connectivity index (χ0) is 18.9. The number of hydrogen-bond acceptors (Lipinski definition) is 3. The van der Waals surface area contributed by atoms with Crippen molar-refractivity contribution in [2.75, 3.05) is 11.4 Å². The first kappa shape index (κ1) is 20.9. The smallest absolute Gasteiger partial charge is 0.265 e. The zero-order valence-corrected chi connectivity index (χ0v) is 17.2. The Hall–Kier alpha value is -0.430. The standard InChI is InChI=1S/C14H11Cl6N3O2/c1-2-5-22-11(24)10(21-12(17)14(18,19)20)23(13(22)25)9-4-3-7(15)6-8(9)16/h3-4,6,12H,2,5H2,1H3/b21-10+. The summed E-state index contributed by atoms with van der Waals surface area (Å²) in [5.41, 5.74) is -1.17. The number of amides is 3. The predicted octanol–water partition coefficient (Wildman–Crippen LogP) is 5.51. The third-order valence-corrected chi connectivity index (χ3v) is 5.09. The second-order valence-electron chi connectivity index (χ2n) is 5.00. The second-order valence-corrected chi connectivity index (χ2v) is 8.63. The molecule has 1 unspecified atom stereocenters. The predicted molar refractivity (Wildman–Crippen MR) is 104 cm³/mol. The molecule has 0 aliphatic carbocycles. The van der Waals surface area contributed by atoms with Gasteiger partial charge in [0.05, 0.1) is 10.7 Å². The fraction of sp³-hybridized carbons (Fsp3) is 0.357. The summed E-state index contributed by atoms with van der Waals surface area (Å²) in [6, 6.07) is 3.82. The van der Waals surface area contributed by atoms with Crippen LogP contribution in [0.3, 0.4) is 0 Å². The van der Waals surface area contributed by atoms with Crippen molar-refractivity contribution < 1.29 is 9.59 Å². The minimum absolute atomic E-state index is 0.153. The van der Waals surface area contributed by atoms with E-state index < -0.39 is 21.2 Å². The van der Waals surface area contributed by atoms with Crippen LogP contribution in [0.25, 0.3) is 0 Å². The Morgan fingerprint density at radius 1 is 1.20 bits per heavy atom. The Morgan fingerprint density at radius 2 is 1.84 bits per heavy atom. The number of urea groups is 1. The first-order valence-electron chi connectivity index (χ1n) is 6.97. The van der Waals surface area contributed by atoms with Crippen molar-refractivity contribution >= 4 is 93.1 Å². The summed E-state index contributed by atoms with van der Waals surface area (Å²) < 4.78 is -1.97. The maximum absolute atomic E-state index is 12.7. The fourth-order valence-corrected chi connectivity index (χ4v) is 2.84. The number of alkyl halides is 4. The highest BCUT2D eigenvalue weighted by Gasteiger charge is 2.45. The molecule has 0 N–H and O–H groups in total. The number of imide groups is 1. The van der Waals surface area contributed by atoms with Gasteiger partial charge in [-0.2, -0.15) is 0 Å². The van der Waals surface area contributed by atoms with Crippen molar-refractivity contribution in [1.29, 1.82) is 0 Å². The van der Waals surface area contributed by atoms with Gasteiger partial charge in [0.25, 0.3) is 5.91 Å². The number of carbonyl (C=O) groups excluding carboxylic acids is 2. The molecule has 0 bridgehead atoms. The number of aliphatic imine (C=N–C) groups is 1. The van der Waals surface area contributed by atoms with Gasteiger partial charge in [-0.15, -0.1) is 0 Å². The fourth-order valence-electron chi connectivity index (χ4n) is 2.11. The van der Waals surface area contributed by atoms with Crippen molar-refractivity contribution in [2.24, 2.45) is 4.99 Å². The topological polar surface area (TPSA) is 53.0 Å². The molecule has 1 aliphatic heterocycles. The number of amidine groups is 1. The van der Waals surface area contributed by atoms with Crippen LogP contribution in [0, 0.1) is 0 Å². The van der Waals surface area contributed by atoms with Crippen molar-refractivity contribution in [2.45, 2.75) is 22.6 Å². The van der Waals surface area contributed by atoms with E-state index >= 15 is 0 Å². The van der Waals surface area contributed by atoms with Gasteiger partial charge >= 0.3 is 6.03 Å². The molecule has 1 aliphatic rings. The van der Waals surface area contributed by atoms with Gasteiger partial charge in [-0.1, -0.05) is 76.5 Å². The summed E-state index contributed by atoms with van der Waals surface area (Å²) >= 11 is 35.1. The van der Waals surface area contributed by atoms with Gasteiger partial charge in [-0.25, -0.2) is 14.7 Å². The molecule has 11 heteroatoms. The summed E-state index contributed by atoms with van der Waals surface area (Å²) in [6.45, 7) is 2.01. The quantitative estimate of drug-likeness (QED) is 0.334. The number of carbonyl (C=O) groups is 2. The highest BCUT2D eigenvalue weighted by atomic mass is 35.6. The molecule has 0 spiro atoms. The van der Waals surface area contributed by atoms with E-state index in [0.29, 0.717) is 11.4 Å². The molecule has 1 atom stereocenters. The van der Waals surface area contributed by atoms with Crippen LogP contribution in [-0.2, 0) is 4.79 Å². The van der Waals surface area contributed by atoms with Crippen LogP contribution >= 0.6 is 69.6 Å².